The van der Waals surface area contributed by atoms with E-state index in [9.17, 15) is 28.3 Å². The minimum atomic E-state index is -1.16. The molecule has 0 amide bonds. The van der Waals surface area contributed by atoms with E-state index in [4.69, 9.17) is 0 Å². The maximum atomic E-state index is 13.4. The summed E-state index contributed by atoms with van der Waals surface area (Å²) in [5, 5.41) is 9.21. The van der Waals surface area contributed by atoms with E-state index in [-0.39, 0.29) is 29.8 Å². The maximum absolute atomic E-state index is 13.4. The first-order chi connectivity index (χ1) is 12.2. The summed E-state index contributed by atoms with van der Waals surface area (Å²) in [7, 11) is 3.03. The van der Waals surface area contributed by atoms with Crippen LogP contribution < -0.4 is 16.1 Å². The Morgan fingerprint density at radius 1 is 1.19 bits per heavy atom. The smallest absolute Gasteiger partial charge is 0.333 e. The zero-order chi connectivity index (χ0) is 19.2. The van der Waals surface area contributed by atoms with Crippen molar-refractivity contribution in [2.24, 2.45) is 7.05 Å². The molecule has 9 heteroatoms. The molecule has 1 aromatic carbocycles. The molecule has 0 aliphatic carbocycles. The van der Waals surface area contributed by atoms with Crippen LogP contribution in [0.1, 0.15) is 11.1 Å². The number of rotatable bonds is 3. The third kappa shape index (κ3) is 2.81. The molecule has 2 aromatic rings. The number of carboxylic acids is 1. The zero-order valence-corrected chi connectivity index (χ0v) is 14.0. The van der Waals surface area contributed by atoms with Crippen molar-refractivity contribution >= 4 is 17.9 Å². The van der Waals surface area contributed by atoms with E-state index in [0.29, 0.717) is 5.82 Å². The highest BCUT2D eigenvalue weighted by molar-refractivity contribution is 5.95. The van der Waals surface area contributed by atoms with Gasteiger partial charge in [-0.1, -0.05) is 6.07 Å². The molecule has 0 spiro atoms. The van der Waals surface area contributed by atoms with E-state index in [1.54, 1.807) is 7.05 Å². The summed E-state index contributed by atoms with van der Waals surface area (Å²) in [5.41, 5.74) is -1.04. The molecule has 0 fully saturated rings. The van der Waals surface area contributed by atoms with Crippen molar-refractivity contribution in [2.75, 3.05) is 18.5 Å². The lowest BCUT2D eigenvalue weighted by Gasteiger charge is -2.28. The average molecular weight is 363 g/mol. The van der Waals surface area contributed by atoms with Crippen LogP contribution in [0.2, 0.25) is 0 Å². The summed E-state index contributed by atoms with van der Waals surface area (Å²) in [6.07, 6.45) is 1.24. The van der Waals surface area contributed by atoms with Crippen molar-refractivity contribution < 1.29 is 18.7 Å². The molecule has 0 unspecified atom stereocenters. The van der Waals surface area contributed by atoms with E-state index in [1.165, 1.54) is 28.7 Å². The summed E-state index contributed by atoms with van der Waals surface area (Å²) in [4.78, 5) is 38.1. The van der Waals surface area contributed by atoms with Crippen LogP contribution in [0, 0.1) is 11.6 Å². The average Bonchev–Trinajstić information content (AvgIpc) is 2.59. The van der Waals surface area contributed by atoms with Gasteiger partial charge in [0.2, 0.25) is 0 Å². The second kappa shape index (κ2) is 6.25. The van der Waals surface area contributed by atoms with Crippen molar-refractivity contribution in [1.29, 1.82) is 0 Å². The molecule has 7 nitrogen and oxygen atoms in total. The molecule has 0 atom stereocenters. The van der Waals surface area contributed by atoms with Gasteiger partial charge in [0.15, 0.2) is 11.6 Å². The van der Waals surface area contributed by atoms with Crippen LogP contribution in [0.4, 0.5) is 14.6 Å². The molecule has 1 aromatic heterocycles. The highest BCUT2D eigenvalue weighted by Gasteiger charge is 2.26. The molecule has 1 aliphatic heterocycles. The first-order valence-corrected chi connectivity index (χ1v) is 7.63. The molecule has 0 saturated heterocycles. The molecular weight excluding hydrogens is 348 g/mol. The Labute approximate surface area is 146 Å². The van der Waals surface area contributed by atoms with Crippen LogP contribution in [-0.4, -0.2) is 33.8 Å². The summed E-state index contributed by atoms with van der Waals surface area (Å²) in [6, 6.07) is 3.09. The molecule has 0 radical (unpaired) electrons. The Hall–Kier alpha value is -3.23. The van der Waals surface area contributed by atoms with E-state index < -0.39 is 28.9 Å². The molecule has 1 N–H and O–H groups in total. The van der Waals surface area contributed by atoms with Gasteiger partial charge in [-0.05, 0) is 23.8 Å². The number of fused-ring (bicyclic) bond motifs is 1. The zero-order valence-electron chi connectivity index (χ0n) is 14.0. The predicted octanol–water partition coefficient (Wildman–Crippen LogP) is 0.791. The van der Waals surface area contributed by atoms with Gasteiger partial charge in [0.25, 0.3) is 5.56 Å². The molecular formula is C17H15F2N3O4. The lowest BCUT2D eigenvalue weighted by atomic mass is 10.1. The number of aliphatic carboxylic acids is 1. The highest BCUT2D eigenvalue weighted by Crippen LogP contribution is 2.23. The Bertz CT molecular complexity index is 1070. The molecule has 26 heavy (non-hydrogen) atoms. The Kier molecular flexibility index (Phi) is 4.23. The number of halogens is 2. The third-order valence-electron chi connectivity index (χ3n) is 4.24. The summed E-state index contributed by atoms with van der Waals surface area (Å²) >= 11 is 0. The van der Waals surface area contributed by atoms with Crippen LogP contribution in [0.3, 0.4) is 0 Å². The Morgan fingerprint density at radius 3 is 2.50 bits per heavy atom. The Balaban J connectivity index is 2.20. The van der Waals surface area contributed by atoms with Crippen LogP contribution >= 0.6 is 0 Å². The second-order valence-corrected chi connectivity index (χ2v) is 6.05. The number of aromatic nitrogens is 2. The molecule has 1 aliphatic rings. The first-order valence-electron chi connectivity index (χ1n) is 7.63. The number of hydrogen-bond donors (Lipinski definition) is 1. The summed E-state index contributed by atoms with van der Waals surface area (Å²) < 4.78 is 28.6. The van der Waals surface area contributed by atoms with Crippen LogP contribution in [-0.2, 0) is 18.4 Å². The fraction of sp³-hybridized carbons (Fsp3) is 0.235. The van der Waals surface area contributed by atoms with Gasteiger partial charge in [-0.25, -0.2) is 18.4 Å². The van der Waals surface area contributed by atoms with Gasteiger partial charge in [0.1, 0.15) is 5.82 Å². The predicted molar refractivity (Wildman–Crippen MR) is 90.3 cm³/mol. The fourth-order valence-electron chi connectivity index (χ4n) is 3.01. The lowest BCUT2D eigenvalue weighted by Crippen LogP contribution is -2.45. The number of carboxylic acid groups (broad SMARTS) is 1. The Morgan fingerprint density at radius 2 is 1.88 bits per heavy atom. The minimum Gasteiger partial charge on any atom is -0.478 e. The summed E-state index contributed by atoms with van der Waals surface area (Å²) in [5.74, 6) is -2.98. The van der Waals surface area contributed by atoms with Crippen LogP contribution in [0.5, 0.6) is 0 Å². The maximum Gasteiger partial charge on any atom is 0.333 e. The lowest BCUT2D eigenvalue weighted by molar-refractivity contribution is -0.132. The second-order valence-electron chi connectivity index (χ2n) is 6.05. The topological polar surface area (TPSA) is 84.5 Å². The van der Waals surface area contributed by atoms with Gasteiger partial charge in [-0.15, -0.1) is 0 Å². The van der Waals surface area contributed by atoms with Gasteiger partial charge in [-0.3, -0.25) is 13.9 Å². The van der Waals surface area contributed by atoms with Crippen molar-refractivity contribution in [3.05, 3.63) is 67.4 Å². The van der Waals surface area contributed by atoms with E-state index in [0.717, 1.165) is 16.7 Å². The van der Waals surface area contributed by atoms with Crippen molar-refractivity contribution in [3.63, 3.8) is 0 Å². The standard InChI is InChI=1S/C17H15F2N3O4/c1-20-8-10(16(24)25)6-11-14(20)21(2)17(26)22(15(11)23)7-9-3-4-12(18)13(19)5-9/h3-6H,7-8H2,1-2H3,(H,24,25). The molecule has 0 bridgehead atoms. The molecule has 136 valence electrons. The third-order valence-corrected chi connectivity index (χ3v) is 4.24. The SMILES string of the molecule is CN1CC(C(=O)O)=Cc2c1n(C)c(=O)n(Cc1ccc(F)c(F)c1)c2=O. The molecule has 2 heterocycles. The molecule has 3 rings (SSSR count). The normalized spacial score (nSPS) is 13.4. The molecule has 0 saturated carbocycles. The first kappa shape index (κ1) is 17.6. The number of benzene rings is 1. The van der Waals surface area contributed by atoms with E-state index in [2.05, 4.69) is 0 Å². The fourth-order valence-corrected chi connectivity index (χ4v) is 3.01. The van der Waals surface area contributed by atoms with Crippen molar-refractivity contribution in [2.45, 2.75) is 6.54 Å². The van der Waals surface area contributed by atoms with Gasteiger partial charge in [-0.2, -0.15) is 0 Å². The summed E-state index contributed by atoms with van der Waals surface area (Å²) in [6.45, 7) is -0.224. The van der Waals surface area contributed by atoms with E-state index >= 15 is 0 Å². The number of hydrogen-bond acceptors (Lipinski definition) is 4. The van der Waals surface area contributed by atoms with Gasteiger partial charge >= 0.3 is 11.7 Å². The van der Waals surface area contributed by atoms with Crippen LogP contribution in [0.25, 0.3) is 6.08 Å². The van der Waals surface area contributed by atoms with Crippen molar-refractivity contribution in [3.8, 4) is 0 Å². The number of nitrogens with zero attached hydrogens (tertiary/aromatic N) is 3. The van der Waals surface area contributed by atoms with Crippen LogP contribution in [0.15, 0.2) is 33.4 Å². The van der Waals surface area contributed by atoms with Gasteiger partial charge in [0.05, 0.1) is 24.2 Å². The monoisotopic (exact) mass is 363 g/mol. The quantitative estimate of drug-likeness (QED) is 0.872. The largest absolute Gasteiger partial charge is 0.478 e. The number of carbonyl (C=O) groups is 1. The van der Waals surface area contributed by atoms with Gasteiger partial charge in [0, 0.05) is 14.1 Å². The highest BCUT2D eigenvalue weighted by atomic mass is 19.2. The van der Waals surface area contributed by atoms with Gasteiger partial charge < -0.3 is 10.0 Å². The minimum absolute atomic E-state index is 0.00938. The van der Waals surface area contributed by atoms with E-state index in [1.807, 2.05) is 0 Å². The van der Waals surface area contributed by atoms with Crippen molar-refractivity contribution in [1.82, 2.24) is 9.13 Å². The number of anilines is 1. The number of likely N-dealkylation sites (N-methyl/N-ethyl adjacent to an activating group) is 1.